The standard InChI is InChI=1S/C28H38N4O5S/c1-17(37-28(2,3)4)23(26(34)36-20-9-5-6-10-20)31-15-7-8-18-11-13-19(14-12-18)22-16-21(24(29)33)25(38-22)32-27(30)35/h7-8,11-14,16-17,20,23,31H,5-6,9-10,15H2,1-4H3,(H2,29,33)(H3,30,32,35)/b8-7+/t17-,23+/m1/s1. The SMILES string of the molecule is C[C@@H](OC(C)(C)C)[C@H](NC/C=C/c1ccc(-c2cc(C(N)=O)c(NC(N)=O)s2)cc1)C(=O)OC1CCCC1. The molecule has 38 heavy (non-hydrogen) atoms. The van der Waals surface area contributed by atoms with E-state index >= 15 is 0 Å². The van der Waals surface area contributed by atoms with Crippen LogP contribution < -0.4 is 22.1 Å². The minimum atomic E-state index is -0.761. The number of hydrogen-bond donors (Lipinski definition) is 4. The quantitative estimate of drug-likeness (QED) is 0.304. The zero-order chi connectivity index (χ0) is 27.9. The molecule has 3 rings (SSSR count). The lowest BCUT2D eigenvalue weighted by molar-refractivity contribution is -0.158. The van der Waals surface area contributed by atoms with Gasteiger partial charge in [0.15, 0.2) is 0 Å². The second-order valence-corrected chi connectivity index (χ2v) is 11.4. The fourth-order valence-electron chi connectivity index (χ4n) is 4.38. The molecular formula is C28H38N4O5S. The summed E-state index contributed by atoms with van der Waals surface area (Å²) in [4.78, 5) is 36.7. The molecule has 1 fully saturated rings. The third kappa shape index (κ3) is 8.68. The van der Waals surface area contributed by atoms with Crippen molar-refractivity contribution in [1.82, 2.24) is 5.32 Å². The van der Waals surface area contributed by atoms with Crippen molar-refractivity contribution in [3.05, 3.63) is 47.5 Å². The van der Waals surface area contributed by atoms with Crippen LogP contribution in [0.15, 0.2) is 36.4 Å². The highest BCUT2D eigenvalue weighted by Crippen LogP contribution is 2.35. The van der Waals surface area contributed by atoms with Crippen LogP contribution in [-0.2, 0) is 14.3 Å². The predicted octanol–water partition coefficient (Wildman–Crippen LogP) is 4.67. The average molecular weight is 543 g/mol. The lowest BCUT2D eigenvalue weighted by Gasteiger charge is -2.30. The molecule has 0 unspecified atom stereocenters. The maximum Gasteiger partial charge on any atom is 0.326 e. The Morgan fingerprint density at radius 3 is 2.37 bits per heavy atom. The number of ether oxygens (including phenoxy) is 2. The van der Waals surface area contributed by atoms with Crippen molar-refractivity contribution < 1.29 is 23.9 Å². The minimum absolute atomic E-state index is 0.00672. The molecule has 1 heterocycles. The number of primary amides is 2. The fraction of sp³-hybridized carbons (Fsp3) is 0.464. The second kappa shape index (κ2) is 13.0. The Labute approximate surface area is 227 Å². The van der Waals surface area contributed by atoms with Gasteiger partial charge in [0.1, 0.15) is 17.1 Å². The molecule has 1 saturated carbocycles. The normalized spacial score (nSPS) is 15.9. The van der Waals surface area contributed by atoms with E-state index in [1.54, 1.807) is 6.07 Å². The lowest BCUT2D eigenvalue weighted by Crippen LogP contribution is -2.49. The number of carbonyl (C=O) groups excluding carboxylic acids is 3. The van der Waals surface area contributed by atoms with Gasteiger partial charge in [-0.15, -0.1) is 11.3 Å². The molecule has 1 aliphatic rings. The Hall–Kier alpha value is -3.21. The summed E-state index contributed by atoms with van der Waals surface area (Å²) in [6, 6.07) is 8.00. The minimum Gasteiger partial charge on any atom is -0.461 e. The van der Waals surface area contributed by atoms with Gasteiger partial charge in [-0.05, 0) is 70.6 Å². The van der Waals surface area contributed by atoms with E-state index in [4.69, 9.17) is 20.9 Å². The topological polar surface area (TPSA) is 146 Å². The summed E-state index contributed by atoms with van der Waals surface area (Å²) in [5.41, 5.74) is 12.3. The first kappa shape index (κ1) is 29.3. The maximum absolute atomic E-state index is 12.9. The zero-order valence-corrected chi connectivity index (χ0v) is 23.2. The Balaban J connectivity index is 1.63. The van der Waals surface area contributed by atoms with Gasteiger partial charge in [0, 0.05) is 11.4 Å². The van der Waals surface area contributed by atoms with Gasteiger partial charge in [-0.25, -0.2) is 4.79 Å². The number of rotatable bonds is 11. The molecule has 0 spiro atoms. The molecule has 2 aromatic rings. The second-order valence-electron chi connectivity index (χ2n) is 10.4. The first-order valence-corrected chi connectivity index (χ1v) is 13.6. The van der Waals surface area contributed by atoms with Gasteiger partial charge in [0.05, 0.1) is 17.3 Å². The number of benzene rings is 1. The van der Waals surface area contributed by atoms with E-state index in [2.05, 4.69) is 10.6 Å². The zero-order valence-electron chi connectivity index (χ0n) is 22.4. The average Bonchev–Trinajstić information content (AvgIpc) is 3.48. The van der Waals surface area contributed by atoms with Gasteiger partial charge in [-0.3, -0.25) is 20.2 Å². The van der Waals surface area contributed by atoms with E-state index in [1.807, 2.05) is 64.1 Å². The molecule has 0 aliphatic heterocycles. The molecule has 1 aliphatic carbocycles. The summed E-state index contributed by atoms with van der Waals surface area (Å²) in [5, 5.41) is 6.05. The van der Waals surface area contributed by atoms with Crippen LogP contribution in [0.2, 0.25) is 0 Å². The number of esters is 1. The first-order valence-electron chi connectivity index (χ1n) is 12.8. The molecule has 1 aromatic heterocycles. The van der Waals surface area contributed by atoms with E-state index in [-0.39, 0.29) is 29.3 Å². The van der Waals surface area contributed by atoms with Crippen molar-refractivity contribution >= 4 is 40.3 Å². The first-order chi connectivity index (χ1) is 17.9. The number of thiophene rings is 1. The van der Waals surface area contributed by atoms with Crippen molar-refractivity contribution in [1.29, 1.82) is 0 Å². The Morgan fingerprint density at radius 1 is 1.13 bits per heavy atom. The summed E-state index contributed by atoms with van der Waals surface area (Å²) < 4.78 is 11.8. The molecule has 2 atom stereocenters. The molecule has 10 heteroatoms. The lowest BCUT2D eigenvalue weighted by atomic mass is 10.1. The largest absolute Gasteiger partial charge is 0.461 e. The molecule has 9 nitrogen and oxygen atoms in total. The highest BCUT2D eigenvalue weighted by Gasteiger charge is 2.32. The van der Waals surface area contributed by atoms with E-state index in [9.17, 15) is 14.4 Å². The van der Waals surface area contributed by atoms with Gasteiger partial charge in [-0.2, -0.15) is 0 Å². The number of nitrogens with two attached hydrogens (primary N) is 2. The third-order valence-electron chi connectivity index (χ3n) is 6.04. The number of nitrogens with one attached hydrogen (secondary N) is 2. The van der Waals surface area contributed by atoms with E-state index in [0.29, 0.717) is 11.5 Å². The van der Waals surface area contributed by atoms with Crippen LogP contribution in [0.5, 0.6) is 0 Å². The predicted molar refractivity (Wildman–Crippen MR) is 151 cm³/mol. The molecule has 0 saturated heterocycles. The van der Waals surface area contributed by atoms with Gasteiger partial charge in [0.2, 0.25) is 0 Å². The number of carbonyl (C=O) groups is 3. The van der Waals surface area contributed by atoms with Gasteiger partial charge in [0.25, 0.3) is 5.91 Å². The molecule has 0 radical (unpaired) electrons. The van der Waals surface area contributed by atoms with Crippen molar-refractivity contribution in [2.24, 2.45) is 11.5 Å². The molecule has 206 valence electrons. The molecule has 0 bridgehead atoms. The fourth-order valence-corrected chi connectivity index (χ4v) is 5.45. The van der Waals surface area contributed by atoms with Crippen molar-refractivity contribution in [2.45, 2.75) is 77.2 Å². The number of amides is 3. The van der Waals surface area contributed by atoms with Crippen LogP contribution in [0.25, 0.3) is 16.5 Å². The van der Waals surface area contributed by atoms with Gasteiger partial charge >= 0.3 is 12.0 Å². The van der Waals surface area contributed by atoms with Crippen LogP contribution in [0.4, 0.5) is 9.80 Å². The van der Waals surface area contributed by atoms with E-state index in [1.165, 1.54) is 11.3 Å². The van der Waals surface area contributed by atoms with Crippen molar-refractivity contribution in [3.63, 3.8) is 0 Å². The van der Waals surface area contributed by atoms with E-state index in [0.717, 1.165) is 41.7 Å². The number of hydrogen-bond acceptors (Lipinski definition) is 7. The summed E-state index contributed by atoms with van der Waals surface area (Å²) in [7, 11) is 0. The number of urea groups is 1. The molecular weight excluding hydrogens is 504 g/mol. The summed E-state index contributed by atoms with van der Waals surface area (Å²) in [6.45, 7) is 8.24. The monoisotopic (exact) mass is 542 g/mol. The van der Waals surface area contributed by atoms with Gasteiger partial charge in [-0.1, -0.05) is 36.4 Å². The van der Waals surface area contributed by atoms with Crippen molar-refractivity contribution in [3.8, 4) is 10.4 Å². The van der Waals surface area contributed by atoms with E-state index < -0.39 is 18.0 Å². The summed E-state index contributed by atoms with van der Waals surface area (Å²) in [5.74, 6) is -0.918. The smallest absolute Gasteiger partial charge is 0.326 e. The van der Waals surface area contributed by atoms with Crippen LogP contribution >= 0.6 is 11.3 Å². The molecule has 1 aromatic carbocycles. The Bertz CT molecular complexity index is 1150. The molecule has 6 N–H and O–H groups in total. The molecule has 3 amide bonds. The van der Waals surface area contributed by atoms with Gasteiger partial charge < -0.3 is 20.9 Å². The number of anilines is 1. The van der Waals surface area contributed by atoms with Crippen molar-refractivity contribution in [2.75, 3.05) is 11.9 Å². The van der Waals surface area contributed by atoms with Crippen LogP contribution in [0.1, 0.15) is 69.3 Å². The Morgan fingerprint density at radius 2 is 1.79 bits per heavy atom. The summed E-state index contributed by atoms with van der Waals surface area (Å²) in [6.07, 6.45) is 7.55. The highest BCUT2D eigenvalue weighted by molar-refractivity contribution is 7.20. The highest BCUT2D eigenvalue weighted by atomic mass is 32.1. The van der Waals surface area contributed by atoms with Crippen LogP contribution in [0.3, 0.4) is 0 Å². The maximum atomic E-state index is 12.9. The Kier molecular flexibility index (Phi) is 10.1. The van der Waals surface area contributed by atoms with Crippen LogP contribution in [-0.4, -0.2) is 48.3 Å². The van der Waals surface area contributed by atoms with Crippen LogP contribution in [0, 0.1) is 0 Å². The third-order valence-corrected chi connectivity index (χ3v) is 7.14. The summed E-state index contributed by atoms with van der Waals surface area (Å²) >= 11 is 1.22.